The highest BCUT2D eigenvalue weighted by Gasteiger charge is 2.14. The summed E-state index contributed by atoms with van der Waals surface area (Å²) in [6, 6.07) is 9.90. The van der Waals surface area contributed by atoms with Crippen LogP contribution in [0.4, 0.5) is 5.69 Å². The quantitative estimate of drug-likeness (QED) is 0.467. The molecule has 0 spiro atoms. The Morgan fingerprint density at radius 3 is 2.50 bits per heavy atom. The molecule has 0 aliphatic heterocycles. The lowest BCUT2D eigenvalue weighted by Crippen LogP contribution is -2.15. The molecule has 6 nitrogen and oxygen atoms in total. The van der Waals surface area contributed by atoms with Crippen molar-refractivity contribution in [3.05, 3.63) is 62.9 Å². The van der Waals surface area contributed by atoms with E-state index in [9.17, 15) is 4.79 Å². The second kappa shape index (κ2) is 9.66. The number of nitrogens with one attached hydrogen (secondary N) is 1. The Bertz CT molecular complexity index is 1060. The molecule has 158 valence electrons. The summed E-state index contributed by atoms with van der Waals surface area (Å²) in [4.78, 5) is 12.4. The Morgan fingerprint density at radius 1 is 1.10 bits per heavy atom. The minimum atomic E-state index is -0.0823. The fourth-order valence-corrected chi connectivity index (χ4v) is 4.16. The molecule has 1 aromatic heterocycles. The third-order valence-corrected chi connectivity index (χ3v) is 6.89. The third kappa shape index (κ3) is 5.05. The number of nitrogens with zero attached hydrogens (tertiary/aromatic N) is 3. The van der Waals surface area contributed by atoms with Crippen molar-refractivity contribution in [2.24, 2.45) is 7.05 Å². The summed E-state index contributed by atoms with van der Waals surface area (Å²) in [6.45, 7) is 8.37. The number of hydrogen-bond acceptors (Lipinski definition) is 5. The number of thioether (sulfide) groups is 1. The number of aryl methyl sites for hydroxylation is 2. The zero-order valence-electron chi connectivity index (χ0n) is 17.7. The van der Waals surface area contributed by atoms with Crippen LogP contribution in [0.25, 0.3) is 0 Å². The van der Waals surface area contributed by atoms with Crippen LogP contribution in [0.3, 0.4) is 0 Å². The molecule has 1 heterocycles. The largest absolute Gasteiger partial charge is 0.485 e. The van der Waals surface area contributed by atoms with Crippen LogP contribution < -0.4 is 10.1 Å². The van der Waals surface area contributed by atoms with Crippen LogP contribution in [-0.2, 0) is 18.4 Å². The summed E-state index contributed by atoms with van der Waals surface area (Å²) in [6.07, 6.45) is 0. The SMILES string of the molecule is Cc1cccc(C)c1OCc1nnc(SCC(=O)Nc2ccc(Br)c(C)c2C)n1C. The van der Waals surface area contributed by atoms with Crippen molar-refractivity contribution in [2.45, 2.75) is 39.5 Å². The number of para-hydroxylation sites is 1. The van der Waals surface area contributed by atoms with E-state index in [1.165, 1.54) is 11.8 Å². The molecule has 0 aliphatic rings. The van der Waals surface area contributed by atoms with Gasteiger partial charge in [0.15, 0.2) is 11.0 Å². The van der Waals surface area contributed by atoms with E-state index in [-0.39, 0.29) is 11.7 Å². The number of anilines is 1. The van der Waals surface area contributed by atoms with Crippen LogP contribution >= 0.6 is 27.7 Å². The summed E-state index contributed by atoms with van der Waals surface area (Å²) in [5, 5.41) is 12.1. The van der Waals surface area contributed by atoms with Crippen LogP contribution in [0.15, 0.2) is 40.0 Å². The number of ether oxygens (including phenoxy) is 1. The lowest BCUT2D eigenvalue weighted by Gasteiger charge is -2.12. The van der Waals surface area contributed by atoms with Crippen LogP contribution in [-0.4, -0.2) is 26.4 Å². The summed E-state index contributed by atoms with van der Waals surface area (Å²) in [5.74, 6) is 1.74. The Labute approximate surface area is 189 Å². The zero-order chi connectivity index (χ0) is 21.8. The molecular formula is C22H25BrN4O2S. The monoisotopic (exact) mass is 488 g/mol. The Balaban J connectivity index is 1.59. The first-order chi connectivity index (χ1) is 14.3. The van der Waals surface area contributed by atoms with Gasteiger partial charge in [-0.25, -0.2) is 0 Å². The van der Waals surface area contributed by atoms with E-state index in [0.29, 0.717) is 17.6 Å². The van der Waals surface area contributed by atoms with Gasteiger partial charge in [0.1, 0.15) is 12.4 Å². The lowest BCUT2D eigenvalue weighted by atomic mass is 10.1. The Morgan fingerprint density at radius 2 is 1.80 bits per heavy atom. The maximum absolute atomic E-state index is 12.4. The highest BCUT2D eigenvalue weighted by Crippen LogP contribution is 2.27. The van der Waals surface area contributed by atoms with E-state index in [1.807, 2.05) is 69.6 Å². The fourth-order valence-electron chi connectivity index (χ4n) is 3.00. The van der Waals surface area contributed by atoms with E-state index < -0.39 is 0 Å². The standard InChI is InChI=1S/C22H25BrN4O2S/c1-13-7-6-8-14(2)21(13)29-11-19-25-26-22(27(19)5)30-12-20(28)24-18-10-9-17(23)15(3)16(18)4/h6-10H,11-12H2,1-5H3,(H,24,28). The van der Waals surface area contributed by atoms with Gasteiger partial charge in [0, 0.05) is 17.2 Å². The molecule has 0 saturated heterocycles. The van der Waals surface area contributed by atoms with Gasteiger partial charge in [-0.15, -0.1) is 10.2 Å². The van der Waals surface area contributed by atoms with Gasteiger partial charge in [0.25, 0.3) is 0 Å². The van der Waals surface area contributed by atoms with E-state index >= 15 is 0 Å². The summed E-state index contributed by atoms with van der Waals surface area (Å²) in [5.41, 5.74) is 5.15. The predicted molar refractivity (Wildman–Crippen MR) is 124 cm³/mol. The molecule has 1 amide bonds. The summed E-state index contributed by atoms with van der Waals surface area (Å²) >= 11 is 4.86. The molecule has 1 N–H and O–H groups in total. The van der Waals surface area contributed by atoms with Gasteiger partial charge in [-0.3, -0.25) is 4.79 Å². The second-order valence-electron chi connectivity index (χ2n) is 7.15. The molecule has 0 saturated carbocycles. The molecule has 0 unspecified atom stereocenters. The van der Waals surface area contributed by atoms with Crippen molar-refractivity contribution in [1.29, 1.82) is 0 Å². The topological polar surface area (TPSA) is 69.0 Å². The number of hydrogen-bond donors (Lipinski definition) is 1. The van der Waals surface area contributed by atoms with Crippen molar-refractivity contribution in [1.82, 2.24) is 14.8 Å². The first-order valence-corrected chi connectivity index (χ1v) is 11.3. The van der Waals surface area contributed by atoms with E-state index in [1.54, 1.807) is 0 Å². The van der Waals surface area contributed by atoms with Gasteiger partial charge < -0.3 is 14.6 Å². The minimum absolute atomic E-state index is 0.0823. The highest BCUT2D eigenvalue weighted by atomic mass is 79.9. The maximum atomic E-state index is 12.4. The molecule has 2 aromatic carbocycles. The van der Waals surface area contributed by atoms with E-state index in [0.717, 1.165) is 38.2 Å². The van der Waals surface area contributed by atoms with Crippen molar-refractivity contribution in [3.63, 3.8) is 0 Å². The van der Waals surface area contributed by atoms with Gasteiger partial charge in [-0.05, 0) is 62.1 Å². The number of aromatic nitrogens is 3. The van der Waals surface area contributed by atoms with Gasteiger partial charge >= 0.3 is 0 Å². The first kappa shape index (κ1) is 22.4. The number of benzene rings is 2. The van der Waals surface area contributed by atoms with Crippen LogP contribution in [0.1, 0.15) is 28.1 Å². The number of halogens is 1. The number of carbonyl (C=O) groups is 1. The summed E-state index contributed by atoms with van der Waals surface area (Å²) in [7, 11) is 1.88. The van der Waals surface area contributed by atoms with Gasteiger partial charge in [0.2, 0.25) is 5.91 Å². The summed E-state index contributed by atoms with van der Waals surface area (Å²) < 4.78 is 8.86. The second-order valence-corrected chi connectivity index (χ2v) is 8.95. The van der Waals surface area contributed by atoms with Gasteiger partial charge in [-0.2, -0.15) is 0 Å². The van der Waals surface area contributed by atoms with E-state index in [2.05, 4.69) is 31.4 Å². The van der Waals surface area contributed by atoms with Crippen molar-refractivity contribution in [2.75, 3.05) is 11.1 Å². The van der Waals surface area contributed by atoms with Crippen LogP contribution in [0.5, 0.6) is 5.75 Å². The lowest BCUT2D eigenvalue weighted by molar-refractivity contribution is -0.113. The Hall–Kier alpha value is -2.32. The molecule has 3 rings (SSSR count). The molecule has 30 heavy (non-hydrogen) atoms. The molecule has 0 aliphatic carbocycles. The zero-order valence-corrected chi connectivity index (χ0v) is 20.1. The highest BCUT2D eigenvalue weighted by molar-refractivity contribution is 9.10. The van der Waals surface area contributed by atoms with Crippen molar-refractivity contribution >= 4 is 39.3 Å². The number of carbonyl (C=O) groups excluding carboxylic acids is 1. The molecule has 8 heteroatoms. The van der Waals surface area contributed by atoms with Crippen LogP contribution in [0, 0.1) is 27.7 Å². The third-order valence-electron chi connectivity index (χ3n) is 5.01. The molecule has 0 atom stereocenters. The number of amides is 1. The molecule has 0 radical (unpaired) electrons. The maximum Gasteiger partial charge on any atom is 0.234 e. The number of rotatable bonds is 7. The molecular weight excluding hydrogens is 464 g/mol. The van der Waals surface area contributed by atoms with Crippen molar-refractivity contribution < 1.29 is 9.53 Å². The average Bonchev–Trinajstić information content (AvgIpc) is 3.06. The van der Waals surface area contributed by atoms with Crippen molar-refractivity contribution in [3.8, 4) is 5.75 Å². The minimum Gasteiger partial charge on any atom is -0.485 e. The van der Waals surface area contributed by atoms with E-state index in [4.69, 9.17) is 4.74 Å². The molecule has 0 bridgehead atoms. The average molecular weight is 489 g/mol. The fraction of sp³-hybridized carbons (Fsp3) is 0.318. The molecule has 3 aromatic rings. The Kier molecular flexibility index (Phi) is 7.20. The van der Waals surface area contributed by atoms with Gasteiger partial charge in [-0.1, -0.05) is 45.9 Å². The van der Waals surface area contributed by atoms with Gasteiger partial charge in [0.05, 0.1) is 5.75 Å². The molecule has 0 fully saturated rings. The van der Waals surface area contributed by atoms with Crippen LogP contribution in [0.2, 0.25) is 0 Å². The normalized spacial score (nSPS) is 10.9. The smallest absolute Gasteiger partial charge is 0.234 e. The predicted octanol–water partition coefficient (Wildman–Crippen LogP) is 5.12. The first-order valence-electron chi connectivity index (χ1n) is 9.53.